The van der Waals surface area contributed by atoms with Gasteiger partial charge in [0.15, 0.2) is 0 Å². The highest BCUT2D eigenvalue weighted by Crippen LogP contribution is 2.45. The normalized spacial score (nSPS) is 26.4. The lowest BCUT2D eigenvalue weighted by Gasteiger charge is -2.46. The second kappa shape index (κ2) is 8.37. The number of likely N-dealkylation sites (tertiary alicyclic amines) is 1. The van der Waals surface area contributed by atoms with Crippen molar-refractivity contribution in [3.63, 3.8) is 0 Å². The molecule has 0 radical (unpaired) electrons. The van der Waals surface area contributed by atoms with Gasteiger partial charge in [0, 0.05) is 24.9 Å². The summed E-state index contributed by atoms with van der Waals surface area (Å²) in [6.07, 6.45) is -3.10. The Labute approximate surface area is 194 Å². The minimum Gasteiger partial charge on any atom is -0.479 e. The number of carboxylic acids is 1. The molecule has 11 heteroatoms. The largest absolute Gasteiger partial charge is 0.479 e. The van der Waals surface area contributed by atoms with Gasteiger partial charge in [0.25, 0.3) is 0 Å². The van der Waals surface area contributed by atoms with E-state index in [1.807, 2.05) is 23.1 Å². The van der Waals surface area contributed by atoms with Crippen LogP contribution in [-0.4, -0.2) is 61.2 Å². The van der Waals surface area contributed by atoms with E-state index in [-0.39, 0.29) is 23.2 Å². The number of halogens is 3. The van der Waals surface area contributed by atoms with Crippen LogP contribution in [0.2, 0.25) is 0 Å². The van der Waals surface area contributed by atoms with Crippen LogP contribution in [0.3, 0.4) is 0 Å². The van der Waals surface area contributed by atoms with Crippen molar-refractivity contribution in [3.05, 3.63) is 47.8 Å². The number of amides is 1. The molecule has 1 saturated heterocycles. The summed E-state index contributed by atoms with van der Waals surface area (Å²) in [6, 6.07) is 9.67. The summed E-state index contributed by atoms with van der Waals surface area (Å²) in [4.78, 5) is 26.1. The summed E-state index contributed by atoms with van der Waals surface area (Å²) in [5, 5.41) is 25.6. The van der Waals surface area contributed by atoms with Crippen LogP contribution >= 0.6 is 0 Å². The Bertz CT molecular complexity index is 1070. The average Bonchev–Trinajstić information content (AvgIpc) is 3.21. The first-order valence-electron chi connectivity index (χ1n) is 11.1. The number of hydrogen-bond donors (Lipinski definition) is 2. The summed E-state index contributed by atoms with van der Waals surface area (Å²) in [7, 11) is 0. The molecule has 2 aromatic rings. The van der Waals surface area contributed by atoms with Crippen LogP contribution < -0.4 is 0 Å². The summed E-state index contributed by atoms with van der Waals surface area (Å²) in [5.41, 5.74) is -4.03. The molecule has 1 amide bonds. The molecule has 8 nitrogen and oxygen atoms in total. The van der Waals surface area contributed by atoms with E-state index in [1.165, 1.54) is 5.56 Å². The minimum atomic E-state index is -5.46. The van der Waals surface area contributed by atoms with E-state index in [9.17, 15) is 27.9 Å². The molecule has 1 aromatic heterocycles. The van der Waals surface area contributed by atoms with Crippen molar-refractivity contribution in [3.8, 4) is 0 Å². The third-order valence-electron chi connectivity index (χ3n) is 7.32. The zero-order chi connectivity index (χ0) is 24.9. The monoisotopic (exact) mass is 480 g/mol. The fraction of sp³-hybridized carbons (Fsp3) is 0.565. The first kappa shape index (κ1) is 24.2. The molecule has 0 spiro atoms. The van der Waals surface area contributed by atoms with Crippen molar-refractivity contribution in [1.29, 1.82) is 0 Å². The Balaban J connectivity index is 1.41. The molecular formula is C23H27F3N4O4. The van der Waals surface area contributed by atoms with Crippen LogP contribution in [0, 0.1) is 11.3 Å². The highest BCUT2D eigenvalue weighted by Gasteiger charge is 2.63. The quantitative estimate of drug-likeness (QED) is 0.681. The second-order valence-corrected chi connectivity index (χ2v) is 9.91. The Morgan fingerprint density at radius 1 is 1.15 bits per heavy atom. The maximum absolute atomic E-state index is 13.2. The molecule has 0 bridgehead atoms. The Morgan fingerprint density at radius 3 is 2.38 bits per heavy atom. The first-order chi connectivity index (χ1) is 15.8. The average molecular weight is 480 g/mol. The Hall–Kier alpha value is -2.95. The van der Waals surface area contributed by atoms with Crippen molar-refractivity contribution in [2.45, 2.75) is 56.8 Å². The van der Waals surface area contributed by atoms with Gasteiger partial charge in [-0.1, -0.05) is 49.4 Å². The predicted molar refractivity (Wildman–Crippen MR) is 114 cm³/mol. The van der Waals surface area contributed by atoms with Gasteiger partial charge in [0.2, 0.25) is 5.91 Å². The molecule has 4 rings (SSSR count). The van der Waals surface area contributed by atoms with Crippen LogP contribution in [0.5, 0.6) is 0 Å². The Kier molecular flexibility index (Phi) is 5.95. The van der Waals surface area contributed by atoms with Gasteiger partial charge in [0.1, 0.15) is 5.69 Å². The molecule has 1 aliphatic heterocycles. The lowest BCUT2D eigenvalue weighted by molar-refractivity contribution is -0.266. The topological polar surface area (TPSA) is 109 Å². The van der Waals surface area contributed by atoms with Crippen LogP contribution in [0.1, 0.15) is 56.3 Å². The summed E-state index contributed by atoms with van der Waals surface area (Å²) >= 11 is 0. The van der Waals surface area contributed by atoms with Crippen molar-refractivity contribution < 1.29 is 33.0 Å². The van der Waals surface area contributed by atoms with E-state index in [1.54, 1.807) is 0 Å². The van der Waals surface area contributed by atoms with Crippen LogP contribution in [0.15, 0.2) is 36.5 Å². The lowest BCUT2D eigenvalue weighted by Crippen LogP contribution is -2.50. The summed E-state index contributed by atoms with van der Waals surface area (Å²) < 4.78 is 40.6. The van der Waals surface area contributed by atoms with Gasteiger partial charge in [-0.05, 0) is 30.2 Å². The number of carboxylic acid groups (broad SMARTS) is 1. The zero-order valence-electron chi connectivity index (χ0n) is 18.9. The zero-order valence-corrected chi connectivity index (χ0v) is 18.9. The van der Waals surface area contributed by atoms with Crippen LogP contribution in [0.4, 0.5) is 13.2 Å². The van der Waals surface area contributed by atoms with Gasteiger partial charge in [-0.3, -0.25) is 4.79 Å². The molecule has 1 aromatic carbocycles. The van der Waals surface area contributed by atoms with Crippen molar-refractivity contribution in [2.75, 3.05) is 13.1 Å². The molecule has 2 heterocycles. The van der Waals surface area contributed by atoms with Gasteiger partial charge in [-0.15, -0.1) is 5.10 Å². The van der Waals surface area contributed by atoms with Gasteiger partial charge in [0.05, 0.1) is 12.2 Å². The third-order valence-corrected chi connectivity index (χ3v) is 7.32. The smallest absolute Gasteiger partial charge is 0.434 e. The third kappa shape index (κ3) is 4.06. The highest BCUT2D eigenvalue weighted by atomic mass is 19.4. The number of benzene rings is 1. The lowest BCUT2D eigenvalue weighted by atomic mass is 9.69. The standard InChI is InChI=1S/C23H27F3N4O4/c1-21(2)8-9-29(12-17(21)14-6-4-3-5-7-14)19(31)15-10-16(11-15)30-13-18(27-28-30)22(34,20(32)33)23(24,25)26/h3-7,13,15-17,34H,8-12H2,1-2H3,(H,32,33). The molecule has 2 N–H and O–H groups in total. The predicted octanol–water partition coefficient (Wildman–Crippen LogP) is 3.11. The number of carbonyl (C=O) groups is 2. The maximum atomic E-state index is 13.2. The fourth-order valence-electron chi connectivity index (χ4n) is 4.86. The molecule has 1 aliphatic carbocycles. The van der Waals surface area contributed by atoms with Crippen molar-refractivity contribution in [2.24, 2.45) is 11.3 Å². The highest BCUT2D eigenvalue weighted by molar-refractivity contribution is 5.80. The van der Waals surface area contributed by atoms with E-state index < -0.39 is 29.5 Å². The maximum Gasteiger partial charge on any atom is 0.434 e. The number of piperidine rings is 1. The number of nitrogens with zero attached hydrogens (tertiary/aromatic N) is 4. The number of aliphatic hydroxyl groups is 1. The van der Waals surface area contributed by atoms with E-state index in [2.05, 4.69) is 36.3 Å². The number of hydrogen-bond acceptors (Lipinski definition) is 5. The summed E-state index contributed by atoms with van der Waals surface area (Å²) in [5.74, 6) is -2.58. The SMILES string of the molecule is CC1(C)CCN(C(=O)C2CC(n3cc(C(O)(C(=O)O)C(F)(F)F)nn3)C2)CC1c1ccccc1. The van der Waals surface area contributed by atoms with Gasteiger partial charge < -0.3 is 15.1 Å². The molecule has 2 fully saturated rings. The number of alkyl halides is 3. The second-order valence-electron chi connectivity index (χ2n) is 9.91. The molecule has 1 saturated carbocycles. The molecule has 2 aliphatic rings. The van der Waals surface area contributed by atoms with E-state index >= 15 is 0 Å². The summed E-state index contributed by atoms with van der Waals surface area (Å²) in [6.45, 7) is 5.64. The number of aliphatic carboxylic acids is 1. The number of aromatic nitrogens is 3. The van der Waals surface area contributed by atoms with Gasteiger partial charge >= 0.3 is 17.7 Å². The number of rotatable bonds is 5. The minimum absolute atomic E-state index is 0.00496. The molecule has 2 unspecified atom stereocenters. The van der Waals surface area contributed by atoms with Gasteiger partial charge in [-0.2, -0.15) is 13.2 Å². The van der Waals surface area contributed by atoms with E-state index in [0.29, 0.717) is 25.9 Å². The van der Waals surface area contributed by atoms with Gasteiger partial charge in [-0.25, -0.2) is 9.48 Å². The fourth-order valence-corrected chi connectivity index (χ4v) is 4.86. The van der Waals surface area contributed by atoms with Crippen LogP contribution in [0.25, 0.3) is 0 Å². The van der Waals surface area contributed by atoms with Crippen molar-refractivity contribution >= 4 is 11.9 Å². The molecule has 184 valence electrons. The van der Waals surface area contributed by atoms with E-state index in [4.69, 9.17) is 5.11 Å². The van der Waals surface area contributed by atoms with E-state index in [0.717, 1.165) is 17.3 Å². The molecule has 2 atom stereocenters. The Morgan fingerprint density at radius 2 is 1.79 bits per heavy atom. The molecular weight excluding hydrogens is 453 g/mol. The van der Waals surface area contributed by atoms with Crippen LogP contribution in [-0.2, 0) is 15.2 Å². The van der Waals surface area contributed by atoms with Crippen molar-refractivity contribution in [1.82, 2.24) is 19.9 Å². The first-order valence-corrected chi connectivity index (χ1v) is 11.1. The molecule has 34 heavy (non-hydrogen) atoms. The number of carbonyl (C=O) groups excluding carboxylic acids is 1.